The van der Waals surface area contributed by atoms with Crippen LogP contribution in [0.4, 0.5) is 0 Å². The van der Waals surface area contributed by atoms with Crippen LogP contribution in [0.15, 0.2) is 23.1 Å². The van der Waals surface area contributed by atoms with E-state index in [1.54, 1.807) is 12.1 Å². The van der Waals surface area contributed by atoms with Crippen molar-refractivity contribution in [3.63, 3.8) is 0 Å². The van der Waals surface area contributed by atoms with Crippen molar-refractivity contribution in [1.29, 1.82) is 0 Å². The molecule has 118 valence electrons. The highest BCUT2D eigenvalue weighted by Crippen LogP contribution is 2.22. The number of nitrogens with one attached hydrogen (secondary N) is 2. The van der Waals surface area contributed by atoms with Crippen LogP contribution in [-0.4, -0.2) is 20.0 Å². The van der Waals surface area contributed by atoms with Crippen molar-refractivity contribution in [3.05, 3.63) is 29.3 Å². The van der Waals surface area contributed by atoms with Gasteiger partial charge in [0.2, 0.25) is 10.0 Å². The van der Waals surface area contributed by atoms with Crippen LogP contribution in [-0.2, 0) is 16.6 Å². The molecule has 0 aromatic heterocycles. The summed E-state index contributed by atoms with van der Waals surface area (Å²) in [6, 6.07) is 5.97. The SMILES string of the molecule is CCC(C)(C)NS(=O)(=O)c1ccc(C)c(CNC2CC2)c1. The van der Waals surface area contributed by atoms with Crippen molar-refractivity contribution >= 4 is 10.0 Å². The van der Waals surface area contributed by atoms with E-state index in [9.17, 15) is 8.42 Å². The van der Waals surface area contributed by atoms with Crippen molar-refractivity contribution in [2.24, 2.45) is 0 Å². The van der Waals surface area contributed by atoms with Crippen molar-refractivity contribution in [3.8, 4) is 0 Å². The van der Waals surface area contributed by atoms with Gasteiger partial charge in [0, 0.05) is 18.1 Å². The minimum absolute atomic E-state index is 0.349. The fraction of sp³-hybridized carbons (Fsp3) is 0.625. The number of hydrogen-bond donors (Lipinski definition) is 2. The van der Waals surface area contributed by atoms with Crippen LogP contribution >= 0.6 is 0 Å². The van der Waals surface area contributed by atoms with E-state index in [0.717, 1.165) is 24.1 Å². The van der Waals surface area contributed by atoms with Crippen molar-refractivity contribution in [1.82, 2.24) is 10.0 Å². The molecule has 2 N–H and O–H groups in total. The molecule has 0 amide bonds. The van der Waals surface area contributed by atoms with Crippen LogP contribution in [0.3, 0.4) is 0 Å². The van der Waals surface area contributed by atoms with Gasteiger partial charge in [-0.1, -0.05) is 13.0 Å². The van der Waals surface area contributed by atoms with Gasteiger partial charge < -0.3 is 5.32 Å². The first-order valence-electron chi connectivity index (χ1n) is 7.60. The van der Waals surface area contributed by atoms with Gasteiger partial charge in [0.25, 0.3) is 0 Å². The molecule has 2 rings (SSSR count). The monoisotopic (exact) mass is 310 g/mol. The zero-order valence-electron chi connectivity index (χ0n) is 13.4. The number of hydrogen-bond acceptors (Lipinski definition) is 3. The first-order valence-corrected chi connectivity index (χ1v) is 9.09. The Morgan fingerprint density at radius 3 is 2.52 bits per heavy atom. The molecule has 1 saturated carbocycles. The Balaban J connectivity index is 2.20. The minimum atomic E-state index is -3.47. The van der Waals surface area contributed by atoms with Gasteiger partial charge in [-0.25, -0.2) is 13.1 Å². The highest BCUT2D eigenvalue weighted by Gasteiger charge is 2.25. The van der Waals surface area contributed by atoms with Gasteiger partial charge in [-0.05, 0) is 63.3 Å². The molecule has 0 saturated heterocycles. The van der Waals surface area contributed by atoms with Gasteiger partial charge in [-0.15, -0.1) is 0 Å². The number of sulfonamides is 1. The highest BCUT2D eigenvalue weighted by atomic mass is 32.2. The van der Waals surface area contributed by atoms with Crippen LogP contribution in [0, 0.1) is 6.92 Å². The summed E-state index contributed by atoms with van der Waals surface area (Å²) < 4.78 is 27.8. The highest BCUT2D eigenvalue weighted by molar-refractivity contribution is 7.89. The summed E-state index contributed by atoms with van der Waals surface area (Å²) in [6.07, 6.45) is 3.20. The van der Waals surface area contributed by atoms with Crippen molar-refractivity contribution in [2.45, 2.75) is 70.0 Å². The lowest BCUT2D eigenvalue weighted by Crippen LogP contribution is -2.42. The smallest absolute Gasteiger partial charge is 0.241 e. The minimum Gasteiger partial charge on any atom is -0.310 e. The largest absolute Gasteiger partial charge is 0.310 e. The third-order valence-electron chi connectivity index (χ3n) is 4.08. The predicted octanol–water partition coefficient (Wildman–Crippen LogP) is 2.71. The average Bonchev–Trinajstić information content (AvgIpc) is 3.20. The summed E-state index contributed by atoms with van der Waals surface area (Å²) >= 11 is 0. The summed E-state index contributed by atoms with van der Waals surface area (Å²) in [7, 11) is -3.47. The summed E-state index contributed by atoms with van der Waals surface area (Å²) in [4.78, 5) is 0.349. The molecule has 21 heavy (non-hydrogen) atoms. The van der Waals surface area contributed by atoms with Gasteiger partial charge in [0.15, 0.2) is 0 Å². The summed E-state index contributed by atoms with van der Waals surface area (Å²) in [5, 5.41) is 3.44. The van der Waals surface area contributed by atoms with Crippen LogP contribution in [0.5, 0.6) is 0 Å². The van der Waals surface area contributed by atoms with Gasteiger partial charge in [0.05, 0.1) is 4.90 Å². The van der Waals surface area contributed by atoms with Crippen LogP contribution in [0.1, 0.15) is 51.2 Å². The quantitative estimate of drug-likeness (QED) is 0.814. The fourth-order valence-electron chi connectivity index (χ4n) is 2.04. The summed E-state index contributed by atoms with van der Waals surface area (Å²) in [5.74, 6) is 0. The molecular weight excluding hydrogens is 284 g/mol. The van der Waals surface area contributed by atoms with Crippen molar-refractivity contribution < 1.29 is 8.42 Å². The summed E-state index contributed by atoms with van der Waals surface area (Å²) in [6.45, 7) is 8.52. The molecule has 1 aromatic carbocycles. The Kier molecular flexibility index (Phi) is 4.76. The maximum atomic E-state index is 12.5. The van der Waals surface area contributed by atoms with Crippen LogP contribution < -0.4 is 10.0 Å². The van der Waals surface area contributed by atoms with E-state index < -0.39 is 15.6 Å². The van der Waals surface area contributed by atoms with Gasteiger partial charge in [-0.2, -0.15) is 0 Å². The molecule has 4 nitrogen and oxygen atoms in total. The van der Waals surface area contributed by atoms with E-state index in [4.69, 9.17) is 0 Å². The Labute approximate surface area is 128 Å². The summed E-state index contributed by atoms with van der Waals surface area (Å²) in [5.41, 5.74) is 1.74. The Morgan fingerprint density at radius 1 is 1.29 bits per heavy atom. The Bertz CT molecular complexity index is 605. The first kappa shape index (κ1) is 16.5. The maximum Gasteiger partial charge on any atom is 0.241 e. The Morgan fingerprint density at radius 2 is 1.95 bits per heavy atom. The fourth-order valence-corrected chi connectivity index (χ4v) is 3.58. The molecule has 0 aliphatic heterocycles. The van der Waals surface area contributed by atoms with E-state index in [2.05, 4.69) is 10.0 Å². The zero-order chi connectivity index (χ0) is 15.7. The second kappa shape index (κ2) is 6.07. The molecule has 5 heteroatoms. The molecule has 1 aromatic rings. The van der Waals surface area contributed by atoms with E-state index in [1.807, 2.05) is 33.8 Å². The molecule has 0 heterocycles. The van der Waals surface area contributed by atoms with Gasteiger partial charge in [0.1, 0.15) is 0 Å². The Hall–Kier alpha value is -0.910. The lowest BCUT2D eigenvalue weighted by molar-refractivity contribution is 0.439. The number of rotatable bonds is 7. The standard InChI is InChI=1S/C16H26N2O2S/c1-5-16(3,4)18-21(19,20)15-9-6-12(2)13(10-15)11-17-14-7-8-14/h6,9-10,14,17-18H,5,7-8,11H2,1-4H3. The lowest BCUT2D eigenvalue weighted by atomic mass is 10.0. The zero-order valence-corrected chi connectivity index (χ0v) is 14.2. The van der Waals surface area contributed by atoms with Gasteiger partial charge >= 0.3 is 0 Å². The predicted molar refractivity (Wildman–Crippen MR) is 85.7 cm³/mol. The third-order valence-corrected chi connectivity index (χ3v) is 5.78. The van der Waals surface area contributed by atoms with Gasteiger partial charge in [-0.3, -0.25) is 0 Å². The molecule has 0 spiro atoms. The average molecular weight is 310 g/mol. The second-order valence-corrected chi connectivity index (χ2v) is 8.27. The normalized spacial score (nSPS) is 16.2. The molecule has 1 aliphatic rings. The second-order valence-electron chi connectivity index (χ2n) is 6.59. The molecule has 0 atom stereocenters. The first-order chi connectivity index (χ1) is 9.73. The lowest BCUT2D eigenvalue weighted by Gasteiger charge is -2.24. The molecule has 0 radical (unpaired) electrons. The van der Waals surface area contributed by atoms with Crippen LogP contribution in [0.25, 0.3) is 0 Å². The third kappa shape index (κ3) is 4.53. The molecule has 0 bridgehead atoms. The molecular formula is C16H26N2O2S. The van der Waals surface area contributed by atoms with E-state index in [1.165, 1.54) is 12.8 Å². The van der Waals surface area contributed by atoms with Crippen LogP contribution in [0.2, 0.25) is 0 Å². The van der Waals surface area contributed by atoms with E-state index in [-0.39, 0.29) is 0 Å². The number of benzene rings is 1. The van der Waals surface area contributed by atoms with E-state index >= 15 is 0 Å². The molecule has 1 aliphatic carbocycles. The topological polar surface area (TPSA) is 58.2 Å². The molecule has 1 fully saturated rings. The van der Waals surface area contributed by atoms with E-state index in [0.29, 0.717) is 10.9 Å². The maximum absolute atomic E-state index is 12.5. The van der Waals surface area contributed by atoms with Crippen molar-refractivity contribution in [2.75, 3.05) is 0 Å². The molecule has 0 unspecified atom stereocenters. The number of aryl methyl sites for hydroxylation is 1.